The molecule has 0 bridgehead atoms. The van der Waals surface area contributed by atoms with E-state index < -0.39 is 11.5 Å². The third-order valence-corrected chi connectivity index (χ3v) is 5.69. The normalized spacial score (nSPS) is 19.7. The van der Waals surface area contributed by atoms with E-state index in [1.54, 1.807) is 38.3 Å². The molecule has 0 atom stereocenters. The minimum absolute atomic E-state index is 0.0163. The summed E-state index contributed by atoms with van der Waals surface area (Å²) in [6.45, 7) is 5.74. The zero-order valence-electron chi connectivity index (χ0n) is 17.6. The van der Waals surface area contributed by atoms with E-state index in [2.05, 4.69) is 17.3 Å². The van der Waals surface area contributed by atoms with Crippen molar-refractivity contribution < 1.29 is 19.1 Å². The Labute approximate surface area is 175 Å². The van der Waals surface area contributed by atoms with Crippen molar-refractivity contribution in [2.24, 2.45) is 11.8 Å². The Morgan fingerprint density at radius 3 is 2.43 bits per heavy atom. The van der Waals surface area contributed by atoms with E-state index in [1.807, 2.05) is 0 Å². The van der Waals surface area contributed by atoms with Crippen LogP contribution in [0.2, 0.25) is 0 Å². The molecule has 7 heteroatoms. The molecule has 30 heavy (non-hydrogen) atoms. The zero-order chi connectivity index (χ0) is 21.9. The highest BCUT2D eigenvalue weighted by Crippen LogP contribution is 2.32. The Morgan fingerprint density at radius 1 is 1.20 bits per heavy atom. The van der Waals surface area contributed by atoms with Crippen LogP contribution in [0, 0.1) is 17.7 Å². The van der Waals surface area contributed by atoms with Gasteiger partial charge >= 0.3 is 5.97 Å². The van der Waals surface area contributed by atoms with Gasteiger partial charge in [0.05, 0.1) is 5.54 Å². The molecule has 1 aromatic heterocycles. The first-order valence-corrected chi connectivity index (χ1v) is 10.2. The van der Waals surface area contributed by atoms with E-state index in [-0.39, 0.29) is 28.9 Å². The van der Waals surface area contributed by atoms with Crippen molar-refractivity contribution in [3.63, 3.8) is 0 Å². The van der Waals surface area contributed by atoms with Crippen molar-refractivity contribution in [1.82, 2.24) is 9.78 Å². The van der Waals surface area contributed by atoms with Crippen LogP contribution in [0.4, 0.5) is 10.2 Å². The van der Waals surface area contributed by atoms with Crippen molar-refractivity contribution in [2.45, 2.75) is 52.0 Å². The number of anilines is 1. The topological polar surface area (TPSA) is 84.2 Å². The van der Waals surface area contributed by atoms with Gasteiger partial charge in [0, 0.05) is 18.3 Å². The predicted molar refractivity (Wildman–Crippen MR) is 115 cm³/mol. The summed E-state index contributed by atoms with van der Waals surface area (Å²) in [6.07, 6.45) is 8.47. The zero-order valence-corrected chi connectivity index (χ0v) is 17.6. The first-order valence-electron chi connectivity index (χ1n) is 10.2. The molecule has 2 aromatic rings. The molecular weight excluding hydrogens is 385 g/mol. The van der Waals surface area contributed by atoms with Crippen LogP contribution in [0.15, 0.2) is 30.5 Å². The largest absolute Gasteiger partial charge is 0.477 e. The number of nitrogens with one attached hydrogen (secondary N) is 1. The van der Waals surface area contributed by atoms with Crippen molar-refractivity contribution >= 4 is 29.8 Å². The van der Waals surface area contributed by atoms with Crippen molar-refractivity contribution in [1.29, 1.82) is 0 Å². The van der Waals surface area contributed by atoms with Crippen LogP contribution in [-0.4, -0.2) is 32.2 Å². The fraction of sp³-hybridized carbons (Fsp3) is 0.435. The molecule has 1 saturated carbocycles. The summed E-state index contributed by atoms with van der Waals surface area (Å²) in [6, 6.07) is 5.91. The van der Waals surface area contributed by atoms with E-state index in [9.17, 15) is 19.1 Å². The molecular formula is C23H28FN3O3. The number of halogens is 1. The van der Waals surface area contributed by atoms with Crippen LogP contribution in [-0.2, 0) is 4.79 Å². The minimum Gasteiger partial charge on any atom is -0.477 e. The lowest BCUT2D eigenvalue weighted by atomic mass is 9.76. The number of Topliss-reactive ketones (excluding diaryl/α,β-unsaturated/α-hetero) is 1. The van der Waals surface area contributed by atoms with Gasteiger partial charge in [0.2, 0.25) is 0 Å². The van der Waals surface area contributed by atoms with Gasteiger partial charge in [-0.25, -0.2) is 13.9 Å². The number of rotatable bonds is 7. The highest BCUT2D eigenvalue weighted by Gasteiger charge is 2.36. The van der Waals surface area contributed by atoms with Crippen LogP contribution >= 0.6 is 0 Å². The van der Waals surface area contributed by atoms with Crippen molar-refractivity contribution in [3.8, 4) is 0 Å². The number of aromatic nitrogens is 2. The summed E-state index contributed by atoms with van der Waals surface area (Å²) in [7, 11) is 0. The summed E-state index contributed by atoms with van der Waals surface area (Å²) in [4.78, 5) is 24.8. The molecule has 1 fully saturated rings. The maximum Gasteiger partial charge on any atom is 0.341 e. The van der Waals surface area contributed by atoms with E-state index >= 15 is 0 Å². The molecule has 1 aliphatic carbocycles. The van der Waals surface area contributed by atoms with Gasteiger partial charge in [0.25, 0.3) is 0 Å². The smallest absolute Gasteiger partial charge is 0.341 e. The predicted octanol–water partition coefficient (Wildman–Crippen LogP) is 4.93. The lowest BCUT2D eigenvalue weighted by Crippen LogP contribution is -2.45. The van der Waals surface area contributed by atoms with Gasteiger partial charge in [-0.2, -0.15) is 5.10 Å². The first-order chi connectivity index (χ1) is 14.2. The Morgan fingerprint density at radius 2 is 1.83 bits per heavy atom. The highest BCUT2D eigenvalue weighted by atomic mass is 19.1. The average molecular weight is 413 g/mol. The molecule has 6 nitrogen and oxygen atoms in total. The minimum atomic E-state index is -1.13. The van der Waals surface area contributed by atoms with E-state index in [1.165, 1.54) is 23.0 Å². The second kappa shape index (κ2) is 8.81. The quantitative estimate of drug-likeness (QED) is 0.672. The number of aromatic carboxylic acids is 1. The molecule has 2 N–H and O–H groups in total. The third-order valence-electron chi connectivity index (χ3n) is 5.69. The number of carboxylic acid groups (broad SMARTS) is 1. The Kier molecular flexibility index (Phi) is 6.39. The first kappa shape index (κ1) is 21.7. The molecule has 1 heterocycles. The molecule has 1 aliphatic rings. The van der Waals surface area contributed by atoms with E-state index in [0.29, 0.717) is 5.92 Å². The molecule has 160 valence electrons. The number of nitrogens with zero attached hydrogens (tertiary/aromatic N) is 2. The van der Waals surface area contributed by atoms with Gasteiger partial charge in [0.1, 0.15) is 11.4 Å². The van der Waals surface area contributed by atoms with Crippen LogP contribution < -0.4 is 5.32 Å². The van der Waals surface area contributed by atoms with Crippen molar-refractivity contribution in [2.75, 3.05) is 5.32 Å². The number of benzene rings is 1. The number of carbonyl (C=O) groups excluding carboxylic acids is 1. The summed E-state index contributed by atoms with van der Waals surface area (Å²) in [5.41, 5.74) is -0.202. The molecule has 0 spiro atoms. The maximum absolute atomic E-state index is 13.1. The highest BCUT2D eigenvalue weighted by molar-refractivity contribution is 5.96. The Bertz CT molecular complexity index is 939. The van der Waals surface area contributed by atoms with E-state index in [0.717, 1.165) is 31.2 Å². The van der Waals surface area contributed by atoms with Crippen LogP contribution in [0.1, 0.15) is 62.4 Å². The fourth-order valence-corrected chi connectivity index (χ4v) is 3.84. The molecule has 0 amide bonds. The molecule has 3 rings (SSSR count). The fourth-order valence-electron chi connectivity index (χ4n) is 3.84. The second-order valence-corrected chi connectivity index (χ2v) is 8.61. The molecule has 0 aliphatic heterocycles. The molecule has 0 radical (unpaired) electrons. The average Bonchev–Trinajstić information content (AvgIpc) is 3.10. The standard InChI is InChI=1S/C23H28FN3O3/c1-15-4-8-17(9-5-15)20(28)23(2,3)25-21-19(22(29)30)14-27(26-21)13-12-16-6-10-18(24)11-7-16/h6-7,10-15,17H,4-5,8-9H2,1-3H3,(H,25,26)(H,29,30)/b13-12+/t15-,17-. The van der Waals surface area contributed by atoms with Crippen LogP contribution in [0.25, 0.3) is 12.3 Å². The maximum atomic E-state index is 13.1. The number of hydrogen-bond donors (Lipinski definition) is 2. The second-order valence-electron chi connectivity index (χ2n) is 8.61. The van der Waals surface area contributed by atoms with E-state index in [4.69, 9.17) is 0 Å². The van der Waals surface area contributed by atoms with Crippen LogP contribution in [0.3, 0.4) is 0 Å². The van der Waals surface area contributed by atoms with Gasteiger partial charge < -0.3 is 10.4 Å². The number of carboxylic acids is 1. The summed E-state index contributed by atoms with van der Waals surface area (Å²) in [5, 5.41) is 16.9. The van der Waals surface area contributed by atoms with Gasteiger partial charge in [0.15, 0.2) is 11.6 Å². The SMILES string of the molecule is CC(C)(Nc1nn(/C=C/c2ccc(F)cc2)cc1C(=O)O)C(=O)[C@H]1CC[C@H](C)CC1. The summed E-state index contributed by atoms with van der Waals surface area (Å²) < 4.78 is 14.4. The third kappa shape index (κ3) is 5.14. The molecule has 1 aromatic carbocycles. The summed E-state index contributed by atoms with van der Waals surface area (Å²) in [5.74, 6) is -0.598. The van der Waals surface area contributed by atoms with Gasteiger partial charge in [-0.3, -0.25) is 4.79 Å². The Hall–Kier alpha value is -2.96. The number of hydrogen-bond acceptors (Lipinski definition) is 4. The lowest BCUT2D eigenvalue weighted by molar-refractivity contribution is -0.127. The monoisotopic (exact) mass is 413 g/mol. The molecule has 0 unspecified atom stereocenters. The van der Waals surface area contributed by atoms with Gasteiger partial charge in [-0.1, -0.05) is 31.9 Å². The van der Waals surface area contributed by atoms with Gasteiger partial charge in [-0.05, 0) is 56.4 Å². The van der Waals surface area contributed by atoms with Crippen LogP contribution in [0.5, 0.6) is 0 Å². The molecule has 0 saturated heterocycles. The number of carbonyl (C=O) groups is 2. The van der Waals surface area contributed by atoms with Gasteiger partial charge in [-0.15, -0.1) is 0 Å². The lowest BCUT2D eigenvalue weighted by Gasteiger charge is -2.33. The number of ketones is 1. The Balaban J connectivity index is 1.78. The van der Waals surface area contributed by atoms with Crippen molar-refractivity contribution in [3.05, 3.63) is 47.4 Å². The summed E-state index contributed by atoms with van der Waals surface area (Å²) >= 11 is 0.